The van der Waals surface area contributed by atoms with E-state index in [-0.39, 0.29) is 18.0 Å². The van der Waals surface area contributed by atoms with Crippen molar-refractivity contribution in [1.82, 2.24) is 0 Å². The van der Waals surface area contributed by atoms with E-state index in [0.717, 1.165) is 11.1 Å². The SMILES string of the molecule is O=C(c1ccccc1)[C@H]1O[C@@H]1c1ccc(CCl)cc1. The van der Waals surface area contributed by atoms with E-state index in [1.807, 2.05) is 54.6 Å². The van der Waals surface area contributed by atoms with E-state index in [0.29, 0.717) is 11.4 Å². The topological polar surface area (TPSA) is 29.6 Å². The third-order valence-electron chi connectivity index (χ3n) is 3.27. The second kappa shape index (κ2) is 5.16. The van der Waals surface area contributed by atoms with Crippen LogP contribution in [0.1, 0.15) is 27.6 Å². The van der Waals surface area contributed by atoms with E-state index in [4.69, 9.17) is 16.3 Å². The molecule has 0 amide bonds. The summed E-state index contributed by atoms with van der Waals surface area (Å²) in [5.74, 6) is 0.546. The highest BCUT2D eigenvalue weighted by molar-refractivity contribution is 6.17. The molecule has 0 aromatic heterocycles. The Bertz CT molecular complexity index is 577. The summed E-state index contributed by atoms with van der Waals surface area (Å²) in [7, 11) is 0. The Hall–Kier alpha value is -1.64. The molecule has 0 saturated carbocycles. The van der Waals surface area contributed by atoms with Crippen LogP contribution in [0.25, 0.3) is 0 Å². The van der Waals surface area contributed by atoms with E-state index in [2.05, 4.69) is 0 Å². The van der Waals surface area contributed by atoms with E-state index in [1.54, 1.807) is 0 Å². The largest absolute Gasteiger partial charge is 0.356 e. The van der Waals surface area contributed by atoms with Crippen LogP contribution in [0.4, 0.5) is 0 Å². The number of carbonyl (C=O) groups is 1. The molecule has 96 valence electrons. The Labute approximate surface area is 117 Å². The van der Waals surface area contributed by atoms with E-state index in [1.165, 1.54) is 0 Å². The lowest BCUT2D eigenvalue weighted by Crippen LogP contribution is -2.07. The third kappa shape index (κ3) is 2.55. The van der Waals surface area contributed by atoms with Crippen molar-refractivity contribution in [2.45, 2.75) is 18.1 Å². The van der Waals surface area contributed by atoms with Crippen LogP contribution in [-0.2, 0) is 10.6 Å². The van der Waals surface area contributed by atoms with Crippen LogP contribution >= 0.6 is 11.6 Å². The number of ketones is 1. The van der Waals surface area contributed by atoms with Crippen molar-refractivity contribution >= 4 is 17.4 Å². The zero-order valence-corrected chi connectivity index (χ0v) is 11.0. The average molecular weight is 273 g/mol. The standard InChI is InChI=1S/C16H13ClO2/c17-10-11-6-8-13(9-7-11)15-16(19-15)14(18)12-4-2-1-3-5-12/h1-9,15-16H,10H2/t15-,16-/m1/s1. The minimum Gasteiger partial charge on any atom is -0.356 e. The summed E-state index contributed by atoms with van der Waals surface area (Å²) < 4.78 is 5.51. The van der Waals surface area contributed by atoms with Gasteiger partial charge >= 0.3 is 0 Å². The number of ether oxygens (including phenoxy) is 1. The molecule has 1 fully saturated rings. The molecular weight excluding hydrogens is 260 g/mol. The molecule has 2 atom stereocenters. The fourth-order valence-electron chi connectivity index (χ4n) is 2.13. The molecule has 0 radical (unpaired) electrons. The van der Waals surface area contributed by atoms with Crippen LogP contribution in [0.15, 0.2) is 54.6 Å². The van der Waals surface area contributed by atoms with Gasteiger partial charge in [0.05, 0.1) is 0 Å². The van der Waals surface area contributed by atoms with Gasteiger partial charge in [0.2, 0.25) is 0 Å². The van der Waals surface area contributed by atoms with Crippen molar-refractivity contribution in [3.63, 3.8) is 0 Å². The number of hydrogen-bond donors (Lipinski definition) is 0. The number of carbonyl (C=O) groups excluding carboxylic acids is 1. The molecule has 2 nitrogen and oxygen atoms in total. The van der Waals surface area contributed by atoms with Gasteiger partial charge in [0.25, 0.3) is 0 Å². The van der Waals surface area contributed by atoms with Crippen LogP contribution in [0.3, 0.4) is 0 Å². The highest BCUT2D eigenvalue weighted by Gasteiger charge is 2.45. The number of alkyl halides is 1. The quantitative estimate of drug-likeness (QED) is 0.482. The Morgan fingerprint density at radius 3 is 2.37 bits per heavy atom. The van der Waals surface area contributed by atoms with Crippen molar-refractivity contribution in [1.29, 1.82) is 0 Å². The molecule has 19 heavy (non-hydrogen) atoms. The summed E-state index contributed by atoms with van der Waals surface area (Å²) in [5, 5.41) is 0. The number of benzene rings is 2. The Kier molecular flexibility index (Phi) is 3.36. The number of epoxide rings is 1. The predicted octanol–water partition coefficient (Wildman–Crippen LogP) is 3.75. The summed E-state index contributed by atoms with van der Waals surface area (Å²) in [4.78, 5) is 12.2. The molecule has 0 N–H and O–H groups in total. The van der Waals surface area contributed by atoms with Crippen LogP contribution in [0.2, 0.25) is 0 Å². The first kappa shape index (κ1) is 12.4. The predicted molar refractivity (Wildman–Crippen MR) is 74.4 cm³/mol. The van der Waals surface area contributed by atoms with Crippen LogP contribution in [-0.4, -0.2) is 11.9 Å². The fraction of sp³-hybridized carbons (Fsp3) is 0.188. The minimum atomic E-state index is -0.343. The molecule has 1 heterocycles. The van der Waals surface area contributed by atoms with Crippen molar-refractivity contribution in [2.75, 3.05) is 0 Å². The van der Waals surface area contributed by atoms with Crippen LogP contribution in [0, 0.1) is 0 Å². The van der Waals surface area contributed by atoms with Gasteiger partial charge in [-0.2, -0.15) is 0 Å². The van der Waals surface area contributed by atoms with E-state index in [9.17, 15) is 4.79 Å². The lowest BCUT2D eigenvalue weighted by molar-refractivity contribution is 0.0953. The zero-order valence-electron chi connectivity index (χ0n) is 10.3. The van der Waals surface area contributed by atoms with Gasteiger partial charge in [-0.3, -0.25) is 4.79 Å². The fourth-order valence-corrected chi connectivity index (χ4v) is 2.31. The number of rotatable bonds is 4. The Morgan fingerprint density at radius 1 is 1.05 bits per heavy atom. The van der Waals surface area contributed by atoms with Gasteiger partial charge in [0.15, 0.2) is 11.9 Å². The Balaban J connectivity index is 1.72. The van der Waals surface area contributed by atoms with Crippen molar-refractivity contribution in [3.05, 3.63) is 71.3 Å². The maximum atomic E-state index is 12.2. The summed E-state index contributed by atoms with van der Waals surface area (Å²) in [6.07, 6.45) is -0.457. The van der Waals surface area contributed by atoms with E-state index < -0.39 is 0 Å². The summed E-state index contributed by atoms with van der Waals surface area (Å²) >= 11 is 5.75. The molecule has 2 aromatic carbocycles. The lowest BCUT2D eigenvalue weighted by Gasteiger charge is -1.99. The first-order valence-electron chi connectivity index (χ1n) is 6.19. The molecule has 1 saturated heterocycles. The van der Waals surface area contributed by atoms with Crippen molar-refractivity contribution in [2.24, 2.45) is 0 Å². The Morgan fingerprint density at radius 2 is 1.74 bits per heavy atom. The average Bonchev–Trinajstić information content (AvgIpc) is 3.28. The molecule has 2 aromatic rings. The zero-order chi connectivity index (χ0) is 13.2. The second-order valence-electron chi connectivity index (χ2n) is 4.58. The molecule has 0 spiro atoms. The number of Topliss-reactive ketones (excluding diaryl/α,β-unsaturated/α-hetero) is 1. The molecule has 0 bridgehead atoms. The van der Waals surface area contributed by atoms with Crippen LogP contribution < -0.4 is 0 Å². The highest BCUT2D eigenvalue weighted by atomic mass is 35.5. The first-order valence-corrected chi connectivity index (χ1v) is 6.72. The van der Waals surface area contributed by atoms with Crippen LogP contribution in [0.5, 0.6) is 0 Å². The molecule has 3 rings (SSSR count). The molecule has 1 aliphatic rings. The van der Waals surface area contributed by atoms with Gasteiger partial charge in [-0.15, -0.1) is 11.6 Å². The lowest BCUT2D eigenvalue weighted by atomic mass is 10.0. The summed E-state index contributed by atoms with van der Waals surface area (Å²) in [5.41, 5.74) is 2.80. The number of hydrogen-bond acceptors (Lipinski definition) is 2. The minimum absolute atomic E-state index is 0.0482. The van der Waals surface area contributed by atoms with Gasteiger partial charge in [0.1, 0.15) is 6.10 Å². The van der Waals surface area contributed by atoms with Gasteiger partial charge in [0, 0.05) is 11.4 Å². The summed E-state index contributed by atoms with van der Waals surface area (Å²) in [6.45, 7) is 0. The van der Waals surface area contributed by atoms with E-state index >= 15 is 0 Å². The molecule has 0 aliphatic carbocycles. The molecule has 1 aliphatic heterocycles. The normalized spacial score (nSPS) is 21.1. The molecule has 0 unspecified atom stereocenters. The number of halogens is 1. The van der Waals surface area contributed by atoms with Crippen molar-refractivity contribution < 1.29 is 9.53 Å². The maximum Gasteiger partial charge on any atom is 0.194 e. The third-order valence-corrected chi connectivity index (χ3v) is 3.58. The molecular formula is C16H13ClO2. The smallest absolute Gasteiger partial charge is 0.194 e. The second-order valence-corrected chi connectivity index (χ2v) is 4.85. The van der Waals surface area contributed by atoms with Gasteiger partial charge in [-0.05, 0) is 11.1 Å². The molecule has 3 heteroatoms. The maximum absolute atomic E-state index is 12.2. The van der Waals surface area contributed by atoms with Gasteiger partial charge in [-0.25, -0.2) is 0 Å². The van der Waals surface area contributed by atoms with Gasteiger partial charge in [-0.1, -0.05) is 54.6 Å². The van der Waals surface area contributed by atoms with Gasteiger partial charge < -0.3 is 4.74 Å². The summed E-state index contributed by atoms with van der Waals surface area (Å²) in [6, 6.07) is 17.1. The first-order chi connectivity index (χ1) is 9.29. The highest BCUT2D eigenvalue weighted by Crippen LogP contribution is 2.40. The van der Waals surface area contributed by atoms with Crippen molar-refractivity contribution in [3.8, 4) is 0 Å². The monoisotopic (exact) mass is 272 g/mol.